The summed E-state index contributed by atoms with van der Waals surface area (Å²) in [6.45, 7) is 4.35. The van der Waals surface area contributed by atoms with Gasteiger partial charge in [-0.15, -0.1) is 0 Å². The smallest absolute Gasteiger partial charge is 0.340 e. The SMILES string of the molecule is CCOC(=O)c1ccccc1NC(=O)CN(C(C)=O)c1cccc(NC(C)=O)c1. The van der Waals surface area contributed by atoms with Crippen molar-refractivity contribution in [2.45, 2.75) is 20.8 Å². The molecule has 8 nitrogen and oxygen atoms in total. The van der Waals surface area contributed by atoms with Crippen LogP contribution in [0.1, 0.15) is 31.1 Å². The van der Waals surface area contributed by atoms with Gasteiger partial charge >= 0.3 is 5.97 Å². The Labute approximate surface area is 168 Å². The molecule has 8 heteroatoms. The number of rotatable bonds is 7. The van der Waals surface area contributed by atoms with Gasteiger partial charge in [-0.1, -0.05) is 18.2 Å². The van der Waals surface area contributed by atoms with Gasteiger partial charge in [-0.3, -0.25) is 14.4 Å². The van der Waals surface area contributed by atoms with Crippen molar-refractivity contribution in [3.63, 3.8) is 0 Å². The van der Waals surface area contributed by atoms with E-state index in [0.717, 1.165) is 0 Å². The van der Waals surface area contributed by atoms with E-state index in [2.05, 4.69) is 10.6 Å². The van der Waals surface area contributed by atoms with E-state index in [1.54, 1.807) is 55.5 Å². The van der Waals surface area contributed by atoms with Crippen LogP contribution in [0.2, 0.25) is 0 Å². The lowest BCUT2D eigenvalue weighted by Crippen LogP contribution is -2.37. The molecule has 0 saturated carbocycles. The fourth-order valence-corrected chi connectivity index (χ4v) is 2.65. The van der Waals surface area contributed by atoms with Crippen LogP contribution in [0.3, 0.4) is 0 Å². The maximum atomic E-state index is 12.6. The van der Waals surface area contributed by atoms with E-state index in [-0.39, 0.29) is 30.5 Å². The summed E-state index contributed by atoms with van der Waals surface area (Å²) >= 11 is 0. The van der Waals surface area contributed by atoms with E-state index in [1.165, 1.54) is 18.7 Å². The van der Waals surface area contributed by atoms with Gasteiger partial charge in [0, 0.05) is 25.2 Å². The third-order valence-corrected chi connectivity index (χ3v) is 3.86. The van der Waals surface area contributed by atoms with E-state index >= 15 is 0 Å². The number of nitrogens with one attached hydrogen (secondary N) is 2. The first kappa shape index (κ1) is 21.6. The molecule has 2 N–H and O–H groups in total. The van der Waals surface area contributed by atoms with Crippen LogP contribution >= 0.6 is 0 Å². The fourth-order valence-electron chi connectivity index (χ4n) is 2.65. The summed E-state index contributed by atoms with van der Waals surface area (Å²) in [5, 5.41) is 5.28. The summed E-state index contributed by atoms with van der Waals surface area (Å²) in [6.07, 6.45) is 0. The minimum Gasteiger partial charge on any atom is -0.462 e. The van der Waals surface area contributed by atoms with Crippen molar-refractivity contribution in [3.05, 3.63) is 54.1 Å². The van der Waals surface area contributed by atoms with Crippen molar-refractivity contribution in [1.82, 2.24) is 0 Å². The summed E-state index contributed by atoms with van der Waals surface area (Å²) in [6, 6.07) is 13.1. The van der Waals surface area contributed by atoms with Gasteiger partial charge < -0.3 is 20.3 Å². The maximum Gasteiger partial charge on any atom is 0.340 e. The number of nitrogens with zero attached hydrogens (tertiary/aromatic N) is 1. The van der Waals surface area contributed by atoms with E-state index in [1.807, 2.05) is 0 Å². The lowest BCUT2D eigenvalue weighted by Gasteiger charge is -2.21. The van der Waals surface area contributed by atoms with Crippen molar-refractivity contribution >= 4 is 40.8 Å². The number of carbonyl (C=O) groups excluding carboxylic acids is 4. The van der Waals surface area contributed by atoms with Crippen LogP contribution in [0.5, 0.6) is 0 Å². The summed E-state index contributed by atoms with van der Waals surface area (Å²) in [5.74, 6) is -1.62. The third kappa shape index (κ3) is 6.17. The highest BCUT2D eigenvalue weighted by Gasteiger charge is 2.19. The average molecular weight is 397 g/mol. The number of anilines is 3. The van der Waals surface area contributed by atoms with Crippen LogP contribution in [-0.2, 0) is 19.1 Å². The number of amides is 3. The molecule has 0 radical (unpaired) electrons. The number of hydrogen-bond donors (Lipinski definition) is 2. The molecule has 0 saturated heterocycles. The number of carbonyl (C=O) groups is 4. The molecule has 0 aliphatic carbocycles. The standard InChI is InChI=1S/C21H23N3O5/c1-4-29-21(28)18-10-5-6-11-19(18)23-20(27)13-24(15(3)26)17-9-7-8-16(12-17)22-14(2)25/h5-12H,4,13H2,1-3H3,(H,22,25)(H,23,27). The van der Waals surface area contributed by atoms with Crippen molar-refractivity contribution in [2.24, 2.45) is 0 Å². The minimum absolute atomic E-state index is 0.212. The Morgan fingerprint density at radius 2 is 1.69 bits per heavy atom. The van der Waals surface area contributed by atoms with Crippen LogP contribution in [-0.4, -0.2) is 36.8 Å². The molecule has 0 fully saturated rings. The molecule has 3 amide bonds. The molecule has 0 bridgehead atoms. The van der Waals surface area contributed by atoms with Crippen LogP contribution in [0, 0.1) is 0 Å². The number of hydrogen-bond acceptors (Lipinski definition) is 5. The molecule has 0 aromatic heterocycles. The molecule has 2 aromatic carbocycles. The van der Waals surface area contributed by atoms with Crippen molar-refractivity contribution in [3.8, 4) is 0 Å². The predicted octanol–water partition coefficient (Wildman–Crippen LogP) is 2.81. The van der Waals surface area contributed by atoms with E-state index < -0.39 is 11.9 Å². The van der Waals surface area contributed by atoms with Crippen molar-refractivity contribution < 1.29 is 23.9 Å². The van der Waals surface area contributed by atoms with E-state index in [9.17, 15) is 19.2 Å². The van der Waals surface area contributed by atoms with Gasteiger partial charge in [-0.05, 0) is 37.3 Å². The normalized spacial score (nSPS) is 10.0. The molecule has 2 rings (SSSR count). The largest absolute Gasteiger partial charge is 0.462 e. The van der Waals surface area contributed by atoms with Gasteiger partial charge in [0.05, 0.1) is 17.9 Å². The molecular weight excluding hydrogens is 374 g/mol. The molecule has 0 unspecified atom stereocenters. The molecule has 2 aromatic rings. The predicted molar refractivity (Wildman–Crippen MR) is 110 cm³/mol. The van der Waals surface area contributed by atoms with Crippen LogP contribution in [0.4, 0.5) is 17.1 Å². The highest BCUT2D eigenvalue weighted by molar-refractivity contribution is 6.05. The van der Waals surface area contributed by atoms with Gasteiger partial charge in [0.2, 0.25) is 17.7 Å². The summed E-state index contributed by atoms with van der Waals surface area (Å²) in [5.41, 5.74) is 1.49. The molecule has 0 aliphatic heterocycles. The number of benzene rings is 2. The first-order valence-electron chi connectivity index (χ1n) is 9.03. The molecule has 29 heavy (non-hydrogen) atoms. The van der Waals surface area contributed by atoms with E-state index in [4.69, 9.17) is 4.74 Å². The summed E-state index contributed by atoms with van der Waals surface area (Å²) in [4.78, 5) is 49.3. The first-order chi connectivity index (χ1) is 13.8. The lowest BCUT2D eigenvalue weighted by molar-refractivity contribution is -0.120. The van der Waals surface area contributed by atoms with Crippen molar-refractivity contribution in [2.75, 3.05) is 28.7 Å². The first-order valence-corrected chi connectivity index (χ1v) is 9.03. The van der Waals surface area contributed by atoms with Gasteiger partial charge in [0.1, 0.15) is 6.54 Å². The molecule has 0 aliphatic rings. The molecular formula is C21H23N3O5. The highest BCUT2D eigenvalue weighted by atomic mass is 16.5. The summed E-state index contributed by atoms with van der Waals surface area (Å²) < 4.78 is 4.99. The van der Waals surface area contributed by atoms with Crippen LogP contribution in [0.15, 0.2) is 48.5 Å². The molecule has 0 heterocycles. The number of ether oxygens (including phenoxy) is 1. The second-order valence-corrected chi connectivity index (χ2v) is 6.15. The third-order valence-electron chi connectivity index (χ3n) is 3.86. The number of esters is 1. The van der Waals surface area contributed by atoms with E-state index in [0.29, 0.717) is 17.1 Å². The average Bonchev–Trinajstić information content (AvgIpc) is 2.66. The second-order valence-electron chi connectivity index (χ2n) is 6.15. The monoisotopic (exact) mass is 397 g/mol. The fraction of sp³-hybridized carbons (Fsp3) is 0.238. The topological polar surface area (TPSA) is 105 Å². The van der Waals surface area contributed by atoms with Gasteiger partial charge in [-0.25, -0.2) is 4.79 Å². The Balaban J connectivity index is 2.19. The Kier molecular flexibility index (Phi) is 7.47. The zero-order valence-corrected chi connectivity index (χ0v) is 16.5. The minimum atomic E-state index is -0.546. The highest BCUT2D eigenvalue weighted by Crippen LogP contribution is 2.21. The van der Waals surface area contributed by atoms with Crippen LogP contribution in [0.25, 0.3) is 0 Å². The molecule has 152 valence electrons. The molecule has 0 atom stereocenters. The zero-order chi connectivity index (χ0) is 21.4. The van der Waals surface area contributed by atoms with Crippen molar-refractivity contribution in [1.29, 1.82) is 0 Å². The zero-order valence-electron chi connectivity index (χ0n) is 16.5. The Morgan fingerprint density at radius 1 is 0.966 bits per heavy atom. The Hall–Kier alpha value is -3.68. The quantitative estimate of drug-likeness (QED) is 0.699. The second kappa shape index (κ2) is 10.0. The van der Waals surface area contributed by atoms with Gasteiger partial charge in [0.25, 0.3) is 0 Å². The summed E-state index contributed by atoms with van der Waals surface area (Å²) in [7, 11) is 0. The molecule has 0 spiro atoms. The van der Waals surface area contributed by atoms with Gasteiger partial charge in [0.15, 0.2) is 0 Å². The Morgan fingerprint density at radius 3 is 2.34 bits per heavy atom. The number of para-hydroxylation sites is 1. The lowest BCUT2D eigenvalue weighted by atomic mass is 10.1. The maximum absolute atomic E-state index is 12.6. The Bertz CT molecular complexity index is 926. The van der Waals surface area contributed by atoms with Gasteiger partial charge in [-0.2, -0.15) is 0 Å². The van der Waals surface area contributed by atoms with Crippen LogP contribution < -0.4 is 15.5 Å².